The van der Waals surface area contributed by atoms with Gasteiger partial charge >= 0.3 is 0 Å². The molecule has 1 aliphatic rings. The van der Waals surface area contributed by atoms with E-state index in [-0.39, 0.29) is 11.5 Å². The zero-order valence-corrected chi connectivity index (χ0v) is 18.3. The smallest absolute Gasteiger partial charge is 0.269 e. The van der Waals surface area contributed by atoms with Gasteiger partial charge in [0.1, 0.15) is 11.3 Å². The summed E-state index contributed by atoms with van der Waals surface area (Å²) in [7, 11) is 1.61. The molecule has 3 aromatic heterocycles. The number of aryl methyl sites for hydroxylation is 2. The molecule has 1 aliphatic heterocycles. The lowest BCUT2D eigenvalue weighted by molar-refractivity contribution is 0.0958. The molecule has 0 bridgehead atoms. The van der Waals surface area contributed by atoms with Crippen LogP contribution in [0.3, 0.4) is 0 Å². The van der Waals surface area contributed by atoms with Crippen LogP contribution >= 0.6 is 0 Å². The monoisotopic (exact) mass is 423 g/mol. The average molecular weight is 424 g/mol. The van der Waals surface area contributed by atoms with E-state index < -0.39 is 0 Å². The summed E-state index contributed by atoms with van der Waals surface area (Å²) in [5, 5.41) is 7.01. The predicted octanol–water partition coefficient (Wildman–Crippen LogP) is 1.01. The lowest BCUT2D eigenvalue weighted by atomic mass is 10.2. The van der Waals surface area contributed by atoms with Crippen LogP contribution < -0.4 is 15.8 Å². The first-order valence-electron chi connectivity index (χ1n) is 10.8. The molecular weight excluding hydrogens is 394 g/mol. The maximum Gasteiger partial charge on any atom is 0.269 e. The summed E-state index contributed by atoms with van der Waals surface area (Å²) in [6.07, 6.45) is 5.20. The zero-order chi connectivity index (χ0) is 22.0. The third-order valence-electron chi connectivity index (χ3n) is 5.98. The molecule has 0 unspecified atom stereocenters. The Labute approximate surface area is 181 Å². The molecule has 2 N–H and O–H groups in total. The third kappa shape index (κ3) is 4.32. The Morgan fingerprint density at radius 3 is 2.65 bits per heavy atom. The van der Waals surface area contributed by atoms with Crippen molar-refractivity contribution < 1.29 is 4.79 Å². The number of amides is 1. The number of fused-ring (bicyclic) bond motifs is 1. The summed E-state index contributed by atoms with van der Waals surface area (Å²) < 4.78 is 1.77. The molecule has 3 aromatic rings. The lowest BCUT2D eigenvalue weighted by Crippen LogP contribution is -2.47. The van der Waals surface area contributed by atoms with Gasteiger partial charge < -0.3 is 15.2 Å². The Balaban J connectivity index is 1.36. The SMILES string of the molecule is CCc1cn2ncc(CCN3CCN(c4ccc(C(=O)NC)nc4C)CC3)c2[nH]c1=O. The number of nitrogens with one attached hydrogen (secondary N) is 2. The van der Waals surface area contributed by atoms with Gasteiger partial charge in [0.2, 0.25) is 0 Å². The molecule has 0 atom stereocenters. The van der Waals surface area contributed by atoms with Crippen molar-refractivity contribution >= 4 is 17.2 Å². The fourth-order valence-corrected chi connectivity index (χ4v) is 4.10. The van der Waals surface area contributed by atoms with E-state index >= 15 is 0 Å². The summed E-state index contributed by atoms with van der Waals surface area (Å²) >= 11 is 0. The van der Waals surface area contributed by atoms with E-state index in [0.29, 0.717) is 12.1 Å². The quantitative estimate of drug-likeness (QED) is 0.614. The Bertz CT molecular complexity index is 1140. The lowest BCUT2D eigenvalue weighted by Gasteiger charge is -2.36. The first kappa shape index (κ1) is 21.0. The van der Waals surface area contributed by atoms with Gasteiger partial charge in [-0.25, -0.2) is 9.50 Å². The first-order chi connectivity index (χ1) is 15.0. The molecule has 1 saturated heterocycles. The molecule has 0 spiro atoms. The van der Waals surface area contributed by atoms with Crippen molar-refractivity contribution in [3.8, 4) is 0 Å². The largest absolute Gasteiger partial charge is 0.368 e. The van der Waals surface area contributed by atoms with Crippen molar-refractivity contribution in [2.75, 3.05) is 44.7 Å². The van der Waals surface area contributed by atoms with Crippen LogP contribution in [0.1, 0.15) is 34.2 Å². The van der Waals surface area contributed by atoms with Crippen LogP contribution in [-0.2, 0) is 12.8 Å². The topological polar surface area (TPSA) is 98.6 Å². The fraction of sp³-hybridized carbons (Fsp3) is 0.455. The highest BCUT2D eigenvalue weighted by atomic mass is 16.1. The number of piperazine rings is 1. The van der Waals surface area contributed by atoms with E-state index in [1.54, 1.807) is 17.6 Å². The summed E-state index contributed by atoms with van der Waals surface area (Å²) in [5.74, 6) is -0.167. The minimum Gasteiger partial charge on any atom is -0.368 e. The summed E-state index contributed by atoms with van der Waals surface area (Å²) in [6, 6.07) is 3.77. The Hall–Kier alpha value is -3.20. The second-order valence-corrected chi connectivity index (χ2v) is 7.88. The van der Waals surface area contributed by atoms with Crippen molar-refractivity contribution in [1.29, 1.82) is 0 Å². The summed E-state index contributed by atoms with van der Waals surface area (Å²) in [4.78, 5) is 36.1. The number of hydrogen-bond donors (Lipinski definition) is 2. The van der Waals surface area contributed by atoms with Crippen LogP contribution in [0.4, 0.5) is 5.69 Å². The van der Waals surface area contributed by atoms with Crippen molar-refractivity contribution in [2.24, 2.45) is 0 Å². The van der Waals surface area contributed by atoms with Crippen LogP contribution in [-0.4, -0.2) is 70.2 Å². The summed E-state index contributed by atoms with van der Waals surface area (Å²) in [6.45, 7) is 8.55. The number of carbonyl (C=O) groups excluding carboxylic acids is 1. The number of rotatable bonds is 6. The molecule has 31 heavy (non-hydrogen) atoms. The molecule has 1 amide bonds. The summed E-state index contributed by atoms with van der Waals surface area (Å²) in [5.41, 5.74) is 4.96. The molecular formula is C22H29N7O2. The van der Waals surface area contributed by atoms with E-state index in [4.69, 9.17) is 0 Å². The number of aromatic amines is 1. The number of anilines is 1. The van der Waals surface area contributed by atoms with Crippen molar-refractivity contribution in [3.05, 3.63) is 57.4 Å². The molecule has 0 saturated carbocycles. The van der Waals surface area contributed by atoms with Gasteiger partial charge in [-0.2, -0.15) is 5.10 Å². The second kappa shape index (κ2) is 8.89. The van der Waals surface area contributed by atoms with Crippen LogP contribution in [0.5, 0.6) is 0 Å². The van der Waals surface area contributed by atoms with Crippen LogP contribution in [0.2, 0.25) is 0 Å². The minimum atomic E-state index is -0.167. The normalized spacial score (nSPS) is 14.9. The second-order valence-electron chi connectivity index (χ2n) is 7.88. The van der Waals surface area contributed by atoms with Gasteiger partial charge in [0.15, 0.2) is 0 Å². The Morgan fingerprint density at radius 1 is 1.19 bits per heavy atom. The number of carbonyl (C=O) groups is 1. The molecule has 9 nitrogen and oxygen atoms in total. The molecule has 4 heterocycles. The fourth-order valence-electron chi connectivity index (χ4n) is 4.10. The van der Waals surface area contributed by atoms with E-state index in [1.165, 1.54) is 0 Å². The molecule has 0 aliphatic carbocycles. The third-order valence-corrected chi connectivity index (χ3v) is 5.98. The van der Waals surface area contributed by atoms with E-state index in [1.807, 2.05) is 32.3 Å². The van der Waals surface area contributed by atoms with Gasteiger partial charge in [0.25, 0.3) is 11.5 Å². The number of aromatic nitrogens is 4. The number of H-pyrrole nitrogens is 1. The predicted molar refractivity (Wildman–Crippen MR) is 120 cm³/mol. The number of hydrogen-bond acceptors (Lipinski definition) is 6. The average Bonchev–Trinajstić information content (AvgIpc) is 3.18. The maximum absolute atomic E-state index is 12.2. The van der Waals surface area contributed by atoms with Crippen molar-refractivity contribution in [2.45, 2.75) is 26.7 Å². The molecule has 9 heteroatoms. The molecule has 4 rings (SSSR count). The highest BCUT2D eigenvalue weighted by molar-refractivity contribution is 5.92. The first-order valence-corrected chi connectivity index (χ1v) is 10.8. The van der Waals surface area contributed by atoms with Gasteiger partial charge in [0, 0.05) is 57.1 Å². The number of pyridine rings is 1. The standard InChI is InChI=1S/C22H29N7O2/c1-4-16-14-29-20(26-21(16)30)17(13-24-29)7-8-27-9-11-28(12-10-27)19-6-5-18(22(31)23-3)25-15(19)2/h5-6,13-14H,4,7-12H2,1-3H3,(H,23,31)(H,26,30). The van der Waals surface area contributed by atoms with E-state index in [2.05, 4.69) is 30.2 Å². The zero-order valence-electron chi connectivity index (χ0n) is 18.3. The van der Waals surface area contributed by atoms with Crippen molar-refractivity contribution in [3.63, 3.8) is 0 Å². The van der Waals surface area contributed by atoms with Gasteiger partial charge in [-0.3, -0.25) is 14.5 Å². The maximum atomic E-state index is 12.2. The Kier molecular flexibility index (Phi) is 6.03. The number of nitrogens with zero attached hydrogens (tertiary/aromatic N) is 5. The highest BCUT2D eigenvalue weighted by Crippen LogP contribution is 2.21. The van der Waals surface area contributed by atoms with Gasteiger partial charge in [-0.05, 0) is 31.9 Å². The van der Waals surface area contributed by atoms with Crippen LogP contribution in [0.25, 0.3) is 5.65 Å². The van der Waals surface area contributed by atoms with E-state index in [9.17, 15) is 9.59 Å². The molecule has 164 valence electrons. The minimum absolute atomic E-state index is 0.0308. The van der Waals surface area contributed by atoms with Gasteiger partial charge in [-0.15, -0.1) is 0 Å². The van der Waals surface area contributed by atoms with Crippen molar-refractivity contribution in [1.82, 2.24) is 29.8 Å². The molecule has 0 radical (unpaired) electrons. The molecule has 1 fully saturated rings. The van der Waals surface area contributed by atoms with Gasteiger partial charge in [-0.1, -0.05) is 6.92 Å². The Morgan fingerprint density at radius 2 is 1.97 bits per heavy atom. The van der Waals surface area contributed by atoms with Crippen LogP contribution in [0.15, 0.2) is 29.3 Å². The van der Waals surface area contributed by atoms with Crippen LogP contribution in [0, 0.1) is 6.92 Å². The highest BCUT2D eigenvalue weighted by Gasteiger charge is 2.20. The molecule has 0 aromatic carbocycles. The van der Waals surface area contributed by atoms with Gasteiger partial charge in [0.05, 0.1) is 17.6 Å². The van der Waals surface area contributed by atoms with E-state index in [0.717, 1.165) is 67.3 Å².